The van der Waals surface area contributed by atoms with E-state index in [-0.39, 0.29) is 5.91 Å². The molecule has 0 heterocycles. The Balaban J connectivity index is 1.89. The molecule has 0 aliphatic heterocycles. The van der Waals surface area contributed by atoms with Crippen LogP contribution in [0.5, 0.6) is 0 Å². The number of anilines is 1. The molecule has 7 heteroatoms. The molecule has 0 saturated heterocycles. The Morgan fingerprint density at radius 3 is 2.26 bits per heavy atom. The van der Waals surface area contributed by atoms with Gasteiger partial charge < -0.3 is 15.4 Å². The molecule has 2 N–H and O–H groups in total. The molecule has 6 nitrogen and oxygen atoms in total. The number of rotatable bonds is 9. The number of thioether (sulfide) groups is 1. The van der Waals surface area contributed by atoms with Crippen molar-refractivity contribution in [2.24, 2.45) is 0 Å². The fourth-order valence-electron chi connectivity index (χ4n) is 2.27. The number of hydrogen-bond donors (Lipinski definition) is 2. The highest BCUT2D eigenvalue weighted by Crippen LogP contribution is 2.07. The molecule has 2 amide bonds. The van der Waals surface area contributed by atoms with Crippen molar-refractivity contribution in [2.45, 2.75) is 12.5 Å². The summed E-state index contributed by atoms with van der Waals surface area (Å²) in [6.45, 7) is -0.412. The van der Waals surface area contributed by atoms with Gasteiger partial charge in [0.25, 0.3) is 11.8 Å². The third-order valence-corrected chi connectivity index (χ3v) is 4.28. The van der Waals surface area contributed by atoms with E-state index in [1.807, 2.05) is 18.4 Å². The number of nitrogens with one attached hydrogen (secondary N) is 2. The van der Waals surface area contributed by atoms with E-state index in [2.05, 4.69) is 10.6 Å². The lowest BCUT2D eigenvalue weighted by Crippen LogP contribution is -2.43. The number of benzene rings is 2. The van der Waals surface area contributed by atoms with Crippen molar-refractivity contribution < 1.29 is 19.1 Å². The van der Waals surface area contributed by atoms with Gasteiger partial charge in [-0.15, -0.1) is 0 Å². The molecule has 142 valence electrons. The monoisotopic (exact) mass is 386 g/mol. The number of hydrogen-bond acceptors (Lipinski definition) is 5. The van der Waals surface area contributed by atoms with Crippen molar-refractivity contribution in [1.82, 2.24) is 5.32 Å². The zero-order valence-corrected chi connectivity index (χ0v) is 15.8. The van der Waals surface area contributed by atoms with Crippen LogP contribution in [-0.2, 0) is 14.3 Å². The largest absolute Gasteiger partial charge is 0.454 e. The summed E-state index contributed by atoms with van der Waals surface area (Å²) in [4.78, 5) is 36.6. The molecule has 2 aromatic carbocycles. The minimum atomic E-state index is -0.810. The number of para-hydroxylation sites is 1. The van der Waals surface area contributed by atoms with E-state index in [9.17, 15) is 14.4 Å². The van der Waals surface area contributed by atoms with Gasteiger partial charge in [0.2, 0.25) is 0 Å². The third kappa shape index (κ3) is 7.15. The first-order valence-electron chi connectivity index (χ1n) is 8.46. The lowest BCUT2D eigenvalue weighted by molar-refractivity contribution is -0.149. The van der Waals surface area contributed by atoms with E-state index >= 15 is 0 Å². The molecule has 2 aromatic rings. The van der Waals surface area contributed by atoms with Crippen LogP contribution in [0.1, 0.15) is 16.8 Å². The summed E-state index contributed by atoms with van der Waals surface area (Å²) >= 11 is 1.56. The van der Waals surface area contributed by atoms with Gasteiger partial charge in [0.05, 0.1) is 0 Å². The summed E-state index contributed by atoms with van der Waals surface area (Å²) in [5.74, 6) is -0.748. The SMILES string of the molecule is CSCC[C@H](NC(=O)c1ccccc1)C(=O)OCC(=O)Nc1ccccc1. The Hall–Kier alpha value is -2.80. The highest BCUT2D eigenvalue weighted by atomic mass is 32.2. The van der Waals surface area contributed by atoms with Crippen LogP contribution < -0.4 is 10.6 Å². The highest BCUT2D eigenvalue weighted by Gasteiger charge is 2.23. The summed E-state index contributed by atoms with van der Waals surface area (Å²) in [6, 6.07) is 16.7. The zero-order valence-electron chi connectivity index (χ0n) is 15.0. The molecule has 2 rings (SSSR count). The summed E-state index contributed by atoms with van der Waals surface area (Å²) in [5.41, 5.74) is 1.08. The highest BCUT2D eigenvalue weighted by molar-refractivity contribution is 7.98. The Kier molecular flexibility index (Phi) is 8.38. The molecular formula is C20H22N2O4S. The number of carbonyl (C=O) groups is 3. The van der Waals surface area contributed by atoms with Crippen molar-refractivity contribution in [3.05, 3.63) is 66.2 Å². The quantitative estimate of drug-likeness (QED) is 0.648. The molecule has 0 spiro atoms. The van der Waals surface area contributed by atoms with E-state index in [4.69, 9.17) is 4.74 Å². The number of esters is 1. The van der Waals surface area contributed by atoms with Gasteiger partial charge in [-0.3, -0.25) is 9.59 Å². The Labute approximate surface area is 162 Å². The molecule has 0 radical (unpaired) electrons. The van der Waals surface area contributed by atoms with Gasteiger partial charge in [-0.25, -0.2) is 4.79 Å². The molecule has 0 fully saturated rings. The van der Waals surface area contributed by atoms with Gasteiger partial charge in [-0.1, -0.05) is 36.4 Å². The molecular weight excluding hydrogens is 364 g/mol. The smallest absolute Gasteiger partial charge is 0.329 e. The Morgan fingerprint density at radius 1 is 1.00 bits per heavy atom. The van der Waals surface area contributed by atoms with E-state index < -0.39 is 24.5 Å². The Bertz CT molecular complexity index is 753. The van der Waals surface area contributed by atoms with Crippen molar-refractivity contribution in [3.8, 4) is 0 Å². The zero-order chi connectivity index (χ0) is 19.5. The Morgan fingerprint density at radius 2 is 1.63 bits per heavy atom. The second-order valence-corrected chi connectivity index (χ2v) is 6.68. The minimum Gasteiger partial charge on any atom is -0.454 e. The van der Waals surface area contributed by atoms with Gasteiger partial charge in [-0.05, 0) is 42.7 Å². The molecule has 27 heavy (non-hydrogen) atoms. The molecule has 0 aliphatic rings. The fraction of sp³-hybridized carbons (Fsp3) is 0.250. The van der Waals surface area contributed by atoms with E-state index in [1.54, 1.807) is 60.3 Å². The van der Waals surface area contributed by atoms with Crippen LogP contribution in [0.3, 0.4) is 0 Å². The summed E-state index contributed by atoms with van der Waals surface area (Å²) in [7, 11) is 0. The molecule has 0 aliphatic carbocycles. The predicted molar refractivity (Wildman–Crippen MR) is 107 cm³/mol. The van der Waals surface area contributed by atoms with Crippen LogP contribution in [0.15, 0.2) is 60.7 Å². The second-order valence-electron chi connectivity index (χ2n) is 5.70. The van der Waals surface area contributed by atoms with Gasteiger partial charge >= 0.3 is 5.97 Å². The standard InChI is InChI=1S/C20H22N2O4S/c1-27-13-12-17(22-19(24)15-8-4-2-5-9-15)20(25)26-14-18(23)21-16-10-6-3-7-11-16/h2-11,17H,12-14H2,1H3,(H,21,23)(H,22,24)/t17-/m0/s1. The average Bonchev–Trinajstić information content (AvgIpc) is 2.70. The molecule has 0 unspecified atom stereocenters. The van der Waals surface area contributed by atoms with Crippen LogP contribution in [-0.4, -0.2) is 42.4 Å². The first-order valence-corrected chi connectivity index (χ1v) is 9.86. The number of amides is 2. The maximum atomic E-state index is 12.3. The number of carbonyl (C=O) groups excluding carboxylic acids is 3. The van der Waals surface area contributed by atoms with Gasteiger partial charge in [0.15, 0.2) is 6.61 Å². The molecule has 0 saturated carbocycles. The number of ether oxygens (including phenoxy) is 1. The normalized spacial score (nSPS) is 11.3. The minimum absolute atomic E-state index is 0.354. The average molecular weight is 386 g/mol. The fourth-order valence-corrected chi connectivity index (χ4v) is 2.74. The maximum Gasteiger partial charge on any atom is 0.329 e. The van der Waals surface area contributed by atoms with Crippen LogP contribution >= 0.6 is 11.8 Å². The van der Waals surface area contributed by atoms with Crippen molar-refractivity contribution in [1.29, 1.82) is 0 Å². The summed E-state index contributed by atoms with van der Waals surface area (Å²) in [5, 5.41) is 5.32. The lowest BCUT2D eigenvalue weighted by Gasteiger charge is -2.17. The lowest BCUT2D eigenvalue weighted by atomic mass is 10.1. The van der Waals surface area contributed by atoms with E-state index in [0.29, 0.717) is 23.4 Å². The predicted octanol–water partition coefficient (Wildman–Crippen LogP) is 2.72. The van der Waals surface area contributed by atoms with Gasteiger partial charge in [0, 0.05) is 11.3 Å². The van der Waals surface area contributed by atoms with Crippen LogP contribution in [0, 0.1) is 0 Å². The molecule has 0 aromatic heterocycles. The maximum absolute atomic E-state index is 12.3. The molecule has 1 atom stereocenters. The summed E-state index contributed by atoms with van der Waals surface area (Å²) in [6.07, 6.45) is 2.33. The van der Waals surface area contributed by atoms with Gasteiger partial charge in [-0.2, -0.15) is 11.8 Å². The first-order chi connectivity index (χ1) is 13.1. The van der Waals surface area contributed by atoms with E-state index in [1.165, 1.54) is 0 Å². The first kappa shape index (κ1) is 20.5. The molecule has 0 bridgehead atoms. The van der Waals surface area contributed by atoms with Crippen LogP contribution in [0.2, 0.25) is 0 Å². The van der Waals surface area contributed by atoms with Crippen molar-refractivity contribution in [3.63, 3.8) is 0 Å². The van der Waals surface area contributed by atoms with Crippen molar-refractivity contribution in [2.75, 3.05) is 23.9 Å². The third-order valence-electron chi connectivity index (χ3n) is 3.64. The van der Waals surface area contributed by atoms with Crippen molar-refractivity contribution >= 4 is 35.2 Å². The van der Waals surface area contributed by atoms with E-state index in [0.717, 1.165) is 0 Å². The van der Waals surface area contributed by atoms with Gasteiger partial charge in [0.1, 0.15) is 6.04 Å². The summed E-state index contributed by atoms with van der Waals surface area (Å²) < 4.78 is 5.10. The van der Waals surface area contributed by atoms with Crippen LogP contribution in [0.25, 0.3) is 0 Å². The second kappa shape index (κ2) is 11.0. The van der Waals surface area contributed by atoms with Crippen LogP contribution in [0.4, 0.5) is 5.69 Å². The topological polar surface area (TPSA) is 84.5 Å².